The van der Waals surface area contributed by atoms with Crippen LogP contribution in [0.4, 0.5) is 17.6 Å². The molecular formula is C14H17F4N. The summed E-state index contributed by atoms with van der Waals surface area (Å²) in [5, 5.41) is 3.32. The van der Waals surface area contributed by atoms with Crippen molar-refractivity contribution in [3.05, 3.63) is 35.1 Å². The second-order valence-electron chi connectivity index (χ2n) is 5.30. The summed E-state index contributed by atoms with van der Waals surface area (Å²) in [6.45, 7) is 3.03. The van der Waals surface area contributed by atoms with E-state index in [1.165, 1.54) is 6.07 Å². The Morgan fingerprint density at radius 2 is 2.00 bits per heavy atom. The Kier molecular flexibility index (Phi) is 4.13. The van der Waals surface area contributed by atoms with Crippen LogP contribution >= 0.6 is 0 Å². The summed E-state index contributed by atoms with van der Waals surface area (Å²) in [4.78, 5) is 0. The van der Waals surface area contributed by atoms with E-state index in [2.05, 4.69) is 12.2 Å². The highest BCUT2D eigenvalue weighted by Gasteiger charge is 2.34. The average Bonchev–Trinajstić information content (AvgIpc) is 2.33. The van der Waals surface area contributed by atoms with Crippen molar-refractivity contribution in [1.82, 2.24) is 5.32 Å². The Hall–Kier alpha value is -1.10. The third-order valence-electron chi connectivity index (χ3n) is 3.58. The number of hydrogen-bond donors (Lipinski definition) is 1. The van der Waals surface area contributed by atoms with Gasteiger partial charge in [0.2, 0.25) is 0 Å². The van der Waals surface area contributed by atoms with E-state index in [4.69, 9.17) is 0 Å². The van der Waals surface area contributed by atoms with Crippen molar-refractivity contribution < 1.29 is 17.6 Å². The highest BCUT2D eigenvalue weighted by molar-refractivity contribution is 5.28. The van der Waals surface area contributed by atoms with Crippen LogP contribution in [0.1, 0.15) is 30.9 Å². The zero-order valence-corrected chi connectivity index (χ0v) is 10.7. The van der Waals surface area contributed by atoms with E-state index in [-0.39, 0.29) is 6.04 Å². The normalized spacial score (nSPS) is 24.5. The van der Waals surface area contributed by atoms with Gasteiger partial charge in [0.25, 0.3) is 0 Å². The highest BCUT2D eigenvalue weighted by atomic mass is 19.4. The molecule has 0 aliphatic carbocycles. The predicted octanol–water partition coefficient (Wildman–Crippen LogP) is 3.78. The Bertz CT molecular complexity index is 434. The molecule has 1 saturated heterocycles. The largest absolute Gasteiger partial charge is 0.419 e. The molecule has 1 aromatic carbocycles. The molecule has 19 heavy (non-hydrogen) atoms. The molecule has 0 bridgehead atoms. The Morgan fingerprint density at radius 1 is 1.26 bits per heavy atom. The molecule has 1 aromatic rings. The molecule has 1 N–H and O–H groups in total. The zero-order chi connectivity index (χ0) is 14.0. The fourth-order valence-corrected chi connectivity index (χ4v) is 2.43. The van der Waals surface area contributed by atoms with Gasteiger partial charge in [0.05, 0.1) is 5.56 Å². The van der Waals surface area contributed by atoms with Crippen LogP contribution in [0.2, 0.25) is 0 Å². The Morgan fingerprint density at radius 3 is 2.58 bits per heavy atom. The molecule has 2 atom stereocenters. The van der Waals surface area contributed by atoms with Gasteiger partial charge in [-0.2, -0.15) is 13.2 Å². The van der Waals surface area contributed by atoms with Gasteiger partial charge in [0, 0.05) is 6.04 Å². The molecule has 1 aliphatic heterocycles. The number of hydrogen-bond acceptors (Lipinski definition) is 1. The summed E-state index contributed by atoms with van der Waals surface area (Å²) >= 11 is 0. The minimum absolute atomic E-state index is 0.183. The SMILES string of the molecule is CC1CCC(Cc2ccc(F)c(C(F)(F)F)c2)NC1. The van der Waals surface area contributed by atoms with Crippen molar-refractivity contribution in [2.45, 2.75) is 38.4 Å². The molecule has 1 heterocycles. The van der Waals surface area contributed by atoms with Crippen molar-refractivity contribution in [3.63, 3.8) is 0 Å². The average molecular weight is 275 g/mol. The maximum absolute atomic E-state index is 13.2. The van der Waals surface area contributed by atoms with E-state index < -0.39 is 17.6 Å². The molecule has 1 fully saturated rings. The van der Waals surface area contributed by atoms with E-state index in [1.807, 2.05) is 0 Å². The lowest BCUT2D eigenvalue weighted by Crippen LogP contribution is -2.39. The van der Waals surface area contributed by atoms with Crippen LogP contribution < -0.4 is 5.32 Å². The molecule has 2 unspecified atom stereocenters. The summed E-state index contributed by atoms with van der Waals surface area (Å²) in [5.74, 6) is -0.600. The molecule has 0 radical (unpaired) electrons. The monoisotopic (exact) mass is 275 g/mol. The molecule has 1 nitrogen and oxygen atoms in total. The molecular weight excluding hydrogens is 258 g/mol. The van der Waals surface area contributed by atoms with Gasteiger partial charge in [-0.15, -0.1) is 0 Å². The zero-order valence-electron chi connectivity index (χ0n) is 10.7. The topological polar surface area (TPSA) is 12.0 Å². The number of alkyl halides is 3. The van der Waals surface area contributed by atoms with E-state index in [1.54, 1.807) is 0 Å². The molecule has 0 spiro atoms. The molecule has 0 amide bonds. The van der Waals surface area contributed by atoms with Crippen LogP contribution in [0, 0.1) is 11.7 Å². The third-order valence-corrected chi connectivity index (χ3v) is 3.58. The standard InChI is InChI=1S/C14H17F4N/c1-9-2-4-11(19-8-9)6-10-3-5-13(15)12(7-10)14(16,17)18/h3,5,7,9,11,19H,2,4,6,8H2,1H3. The first-order valence-corrected chi connectivity index (χ1v) is 6.45. The highest BCUT2D eigenvalue weighted by Crippen LogP contribution is 2.32. The fourth-order valence-electron chi connectivity index (χ4n) is 2.43. The van der Waals surface area contributed by atoms with E-state index in [0.29, 0.717) is 17.9 Å². The van der Waals surface area contributed by atoms with E-state index >= 15 is 0 Å². The van der Waals surface area contributed by atoms with E-state index in [9.17, 15) is 17.6 Å². The van der Waals surface area contributed by atoms with Crippen LogP contribution in [0.15, 0.2) is 18.2 Å². The molecule has 106 valence electrons. The van der Waals surface area contributed by atoms with Crippen LogP contribution in [0.3, 0.4) is 0 Å². The van der Waals surface area contributed by atoms with E-state index in [0.717, 1.165) is 31.5 Å². The number of piperidine rings is 1. The first kappa shape index (κ1) is 14.3. The van der Waals surface area contributed by atoms with Gasteiger partial charge in [-0.3, -0.25) is 0 Å². The summed E-state index contributed by atoms with van der Waals surface area (Å²) in [6, 6.07) is 3.45. The smallest absolute Gasteiger partial charge is 0.313 e. The number of benzene rings is 1. The quantitative estimate of drug-likeness (QED) is 0.810. The summed E-state index contributed by atoms with van der Waals surface area (Å²) in [6.07, 6.45) is -2.10. The van der Waals surface area contributed by atoms with Crippen LogP contribution in [0.25, 0.3) is 0 Å². The van der Waals surface area contributed by atoms with Crippen molar-refractivity contribution in [3.8, 4) is 0 Å². The minimum atomic E-state index is -4.63. The van der Waals surface area contributed by atoms with Gasteiger partial charge in [-0.05, 0) is 49.4 Å². The van der Waals surface area contributed by atoms with Gasteiger partial charge in [0.1, 0.15) is 5.82 Å². The lowest BCUT2D eigenvalue weighted by atomic mass is 9.92. The lowest BCUT2D eigenvalue weighted by molar-refractivity contribution is -0.140. The van der Waals surface area contributed by atoms with Crippen molar-refractivity contribution in [1.29, 1.82) is 0 Å². The van der Waals surface area contributed by atoms with Gasteiger partial charge in [0.15, 0.2) is 0 Å². The first-order chi connectivity index (χ1) is 8.86. The molecule has 5 heteroatoms. The fraction of sp³-hybridized carbons (Fsp3) is 0.571. The molecule has 0 aromatic heterocycles. The van der Waals surface area contributed by atoms with Crippen LogP contribution in [-0.2, 0) is 12.6 Å². The van der Waals surface area contributed by atoms with Crippen molar-refractivity contribution in [2.75, 3.05) is 6.54 Å². The molecule has 1 aliphatic rings. The Balaban J connectivity index is 2.09. The maximum Gasteiger partial charge on any atom is 0.419 e. The van der Waals surface area contributed by atoms with Gasteiger partial charge in [-0.25, -0.2) is 4.39 Å². The second-order valence-corrected chi connectivity index (χ2v) is 5.30. The number of halogens is 4. The second kappa shape index (κ2) is 5.49. The van der Waals surface area contributed by atoms with Crippen LogP contribution in [0.5, 0.6) is 0 Å². The van der Waals surface area contributed by atoms with Gasteiger partial charge >= 0.3 is 6.18 Å². The van der Waals surface area contributed by atoms with Crippen molar-refractivity contribution >= 4 is 0 Å². The van der Waals surface area contributed by atoms with Crippen LogP contribution in [-0.4, -0.2) is 12.6 Å². The molecule has 0 saturated carbocycles. The van der Waals surface area contributed by atoms with Crippen molar-refractivity contribution in [2.24, 2.45) is 5.92 Å². The maximum atomic E-state index is 13.2. The number of rotatable bonds is 2. The summed E-state index contributed by atoms with van der Waals surface area (Å²) in [7, 11) is 0. The van der Waals surface area contributed by atoms with Gasteiger partial charge < -0.3 is 5.32 Å². The minimum Gasteiger partial charge on any atom is -0.313 e. The first-order valence-electron chi connectivity index (χ1n) is 6.45. The number of nitrogens with one attached hydrogen (secondary N) is 1. The predicted molar refractivity (Wildman–Crippen MR) is 65.3 cm³/mol. The lowest BCUT2D eigenvalue weighted by Gasteiger charge is -2.28. The summed E-state index contributed by atoms with van der Waals surface area (Å²) < 4.78 is 51.0. The van der Waals surface area contributed by atoms with Gasteiger partial charge in [-0.1, -0.05) is 13.0 Å². The molecule has 2 rings (SSSR count). The Labute approximate surface area is 110 Å². The third kappa shape index (κ3) is 3.69. The summed E-state index contributed by atoms with van der Waals surface area (Å²) in [5.41, 5.74) is -0.644.